The van der Waals surface area contributed by atoms with E-state index in [-0.39, 0.29) is 0 Å². The average Bonchev–Trinajstić information content (AvgIpc) is 2.40. The number of benzene rings is 2. The van der Waals surface area contributed by atoms with Crippen LogP contribution >= 0.6 is 23.2 Å². The van der Waals surface area contributed by atoms with Crippen molar-refractivity contribution in [3.05, 3.63) is 57.6 Å². The minimum Gasteiger partial charge on any atom is -0.496 e. The molecule has 1 N–H and O–H groups in total. The molecule has 0 aliphatic rings. The smallest absolute Gasteiger partial charge is 0.123 e. The van der Waals surface area contributed by atoms with Gasteiger partial charge in [0.15, 0.2) is 0 Å². The van der Waals surface area contributed by atoms with Crippen molar-refractivity contribution in [1.82, 2.24) is 0 Å². The summed E-state index contributed by atoms with van der Waals surface area (Å²) in [5, 5.41) is 4.58. The second-order valence-corrected chi connectivity index (χ2v) is 5.14. The van der Waals surface area contributed by atoms with Crippen LogP contribution in [0.15, 0.2) is 36.4 Å². The number of methoxy groups -OCH3 is 1. The highest BCUT2D eigenvalue weighted by atomic mass is 35.5. The van der Waals surface area contributed by atoms with Gasteiger partial charge in [-0.15, -0.1) is 0 Å². The molecule has 0 spiro atoms. The van der Waals surface area contributed by atoms with Gasteiger partial charge in [-0.05, 0) is 31.2 Å². The molecular formula is C15H15Cl2NO. The summed E-state index contributed by atoms with van der Waals surface area (Å²) < 4.78 is 5.34. The van der Waals surface area contributed by atoms with Crippen LogP contribution in [0.1, 0.15) is 11.1 Å². The van der Waals surface area contributed by atoms with E-state index < -0.39 is 0 Å². The molecule has 2 rings (SSSR count). The maximum Gasteiger partial charge on any atom is 0.123 e. The standard InChI is InChI=1S/C15H15Cl2NO/c1-10-3-6-15(19-2)11(7-10)9-18-14-8-12(16)4-5-13(14)17/h3-8,18H,9H2,1-2H3. The van der Waals surface area contributed by atoms with Crippen LogP contribution in [0.25, 0.3) is 0 Å². The lowest BCUT2D eigenvalue weighted by Crippen LogP contribution is -2.02. The van der Waals surface area contributed by atoms with E-state index in [1.54, 1.807) is 19.2 Å². The lowest BCUT2D eigenvalue weighted by molar-refractivity contribution is 0.410. The number of nitrogens with one attached hydrogen (secondary N) is 1. The Morgan fingerprint density at radius 1 is 1.11 bits per heavy atom. The number of ether oxygens (including phenoxy) is 1. The largest absolute Gasteiger partial charge is 0.496 e. The van der Waals surface area contributed by atoms with E-state index in [9.17, 15) is 0 Å². The van der Waals surface area contributed by atoms with E-state index in [2.05, 4.69) is 18.3 Å². The first-order chi connectivity index (χ1) is 9.10. The Morgan fingerprint density at radius 3 is 2.63 bits per heavy atom. The minimum atomic E-state index is 0.630. The van der Waals surface area contributed by atoms with Crippen LogP contribution in [0.4, 0.5) is 5.69 Å². The molecule has 100 valence electrons. The van der Waals surface area contributed by atoms with Gasteiger partial charge in [-0.1, -0.05) is 40.9 Å². The van der Waals surface area contributed by atoms with Crippen molar-refractivity contribution in [3.8, 4) is 5.75 Å². The van der Waals surface area contributed by atoms with E-state index in [1.165, 1.54) is 5.56 Å². The van der Waals surface area contributed by atoms with Crippen molar-refractivity contribution in [3.63, 3.8) is 0 Å². The van der Waals surface area contributed by atoms with Crippen LogP contribution in [-0.2, 0) is 6.54 Å². The summed E-state index contributed by atoms with van der Waals surface area (Å²) in [6.07, 6.45) is 0. The molecule has 0 aliphatic carbocycles. The van der Waals surface area contributed by atoms with E-state index >= 15 is 0 Å². The Labute approximate surface area is 123 Å². The van der Waals surface area contributed by atoms with Gasteiger partial charge < -0.3 is 10.1 Å². The van der Waals surface area contributed by atoms with Crippen molar-refractivity contribution < 1.29 is 4.74 Å². The third-order valence-corrected chi connectivity index (χ3v) is 3.40. The summed E-state index contributed by atoms with van der Waals surface area (Å²) in [4.78, 5) is 0. The summed E-state index contributed by atoms with van der Waals surface area (Å²) in [6.45, 7) is 2.68. The topological polar surface area (TPSA) is 21.3 Å². The van der Waals surface area contributed by atoms with Gasteiger partial charge in [-0.2, -0.15) is 0 Å². The third-order valence-electron chi connectivity index (χ3n) is 2.83. The summed E-state index contributed by atoms with van der Waals surface area (Å²) in [5.74, 6) is 0.858. The second-order valence-electron chi connectivity index (χ2n) is 4.29. The molecule has 0 saturated heterocycles. The van der Waals surface area contributed by atoms with Gasteiger partial charge in [0.2, 0.25) is 0 Å². The zero-order valence-electron chi connectivity index (χ0n) is 10.8. The number of anilines is 1. The van der Waals surface area contributed by atoms with Gasteiger partial charge in [0, 0.05) is 17.1 Å². The van der Waals surface area contributed by atoms with E-state index in [1.807, 2.05) is 18.2 Å². The molecule has 2 aromatic carbocycles. The Hall–Kier alpha value is -1.38. The lowest BCUT2D eigenvalue weighted by atomic mass is 10.1. The van der Waals surface area contributed by atoms with Crippen LogP contribution in [-0.4, -0.2) is 7.11 Å². The molecule has 2 aromatic rings. The predicted molar refractivity (Wildman–Crippen MR) is 81.5 cm³/mol. The van der Waals surface area contributed by atoms with Crippen LogP contribution in [0, 0.1) is 6.92 Å². The van der Waals surface area contributed by atoms with Gasteiger partial charge in [0.1, 0.15) is 5.75 Å². The highest BCUT2D eigenvalue weighted by molar-refractivity contribution is 6.35. The van der Waals surface area contributed by atoms with Crippen LogP contribution in [0.3, 0.4) is 0 Å². The van der Waals surface area contributed by atoms with Gasteiger partial charge in [-0.25, -0.2) is 0 Å². The van der Waals surface area contributed by atoms with Crippen molar-refractivity contribution >= 4 is 28.9 Å². The summed E-state index contributed by atoms with van der Waals surface area (Å²) in [6, 6.07) is 11.4. The number of halogens is 2. The molecule has 0 radical (unpaired) electrons. The van der Waals surface area contributed by atoms with E-state index in [0.717, 1.165) is 17.0 Å². The predicted octanol–water partition coefficient (Wildman–Crippen LogP) is 4.92. The molecule has 19 heavy (non-hydrogen) atoms. The number of aryl methyl sites for hydroxylation is 1. The zero-order chi connectivity index (χ0) is 13.8. The van der Waals surface area contributed by atoms with Gasteiger partial charge in [-0.3, -0.25) is 0 Å². The fraction of sp³-hybridized carbons (Fsp3) is 0.200. The monoisotopic (exact) mass is 295 g/mol. The third kappa shape index (κ3) is 3.55. The fourth-order valence-electron chi connectivity index (χ4n) is 1.87. The minimum absolute atomic E-state index is 0.630. The van der Waals surface area contributed by atoms with Gasteiger partial charge in [0.25, 0.3) is 0 Å². The van der Waals surface area contributed by atoms with Gasteiger partial charge >= 0.3 is 0 Å². The van der Waals surface area contributed by atoms with E-state index in [0.29, 0.717) is 16.6 Å². The molecule has 0 fully saturated rings. The Bertz CT molecular complexity index is 584. The Morgan fingerprint density at radius 2 is 1.89 bits per heavy atom. The lowest BCUT2D eigenvalue weighted by Gasteiger charge is -2.12. The quantitative estimate of drug-likeness (QED) is 0.864. The molecule has 0 amide bonds. The first kappa shape index (κ1) is 14.0. The Kier molecular flexibility index (Phi) is 4.56. The van der Waals surface area contributed by atoms with Crippen molar-refractivity contribution in [2.24, 2.45) is 0 Å². The van der Waals surface area contributed by atoms with Crippen LogP contribution < -0.4 is 10.1 Å². The molecule has 2 nitrogen and oxygen atoms in total. The summed E-state index contributed by atoms with van der Waals surface area (Å²) >= 11 is 12.1. The first-order valence-electron chi connectivity index (χ1n) is 5.92. The molecule has 4 heteroatoms. The van der Waals surface area contributed by atoms with Crippen molar-refractivity contribution in [1.29, 1.82) is 0 Å². The van der Waals surface area contributed by atoms with Crippen molar-refractivity contribution in [2.45, 2.75) is 13.5 Å². The van der Waals surface area contributed by atoms with Crippen molar-refractivity contribution in [2.75, 3.05) is 12.4 Å². The summed E-state index contributed by atoms with van der Waals surface area (Å²) in [5.41, 5.74) is 3.09. The molecule has 0 saturated carbocycles. The Balaban J connectivity index is 2.18. The maximum absolute atomic E-state index is 6.11. The average molecular weight is 296 g/mol. The molecule has 0 atom stereocenters. The first-order valence-corrected chi connectivity index (χ1v) is 6.68. The number of hydrogen-bond acceptors (Lipinski definition) is 2. The molecule has 0 heterocycles. The maximum atomic E-state index is 6.11. The zero-order valence-corrected chi connectivity index (χ0v) is 12.3. The fourth-order valence-corrected chi connectivity index (χ4v) is 2.23. The molecule has 0 bridgehead atoms. The molecule has 0 aromatic heterocycles. The number of hydrogen-bond donors (Lipinski definition) is 1. The molecule has 0 unspecified atom stereocenters. The highest BCUT2D eigenvalue weighted by Crippen LogP contribution is 2.27. The van der Waals surface area contributed by atoms with Gasteiger partial charge in [0.05, 0.1) is 17.8 Å². The SMILES string of the molecule is COc1ccc(C)cc1CNc1cc(Cl)ccc1Cl. The summed E-state index contributed by atoms with van der Waals surface area (Å²) in [7, 11) is 1.67. The molecule has 0 aliphatic heterocycles. The second kappa shape index (κ2) is 6.18. The highest BCUT2D eigenvalue weighted by Gasteiger charge is 2.05. The van der Waals surface area contributed by atoms with Crippen LogP contribution in [0.2, 0.25) is 10.0 Å². The van der Waals surface area contributed by atoms with Crippen LogP contribution in [0.5, 0.6) is 5.75 Å². The normalized spacial score (nSPS) is 10.3. The molecular weight excluding hydrogens is 281 g/mol. The number of rotatable bonds is 4. The van der Waals surface area contributed by atoms with E-state index in [4.69, 9.17) is 27.9 Å².